The average Bonchev–Trinajstić information content (AvgIpc) is 2.14. The Labute approximate surface area is 77.0 Å². The number of aryl methyl sites for hydroxylation is 1. The third-order valence-electron chi connectivity index (χ3n) is 1.52. The van der Waals surface area contributed by atoms with Gasteiger partial charge in [0.15, 0.2) is 0 Å². The Morgan fingerprint density at radius 1 is 1.25 bits per heavy atom. The molecule has 0 aliphatic carbocycles. The van der Waals surface area contributed by atoms with E-state index in [2.05, 4.69) is 4.98 Å². The number of thioether (sulfide) groups is 1. The van der Waals surface area contributed by atoms with Gasteiger partial charge in [-0.1, -0.05) is 0 Å². The molecule has 0 aromatic carbocycles. The van der Waals surface area contributed by atoms with Crippen LogP contribution in [0, 0.1) is 0 Å². The summed E-state index contributed by atoms with van der Waals surface area (Å²) >= 11 is 1.78. The van der Waals surface area contributed by atoms with Crippen molar-refractivity contribution in [3.05, 3.63) is 30.1 Å². The molecule has 0 aliphatic heterocycles. The second-order valence-corrected chi connectivity index (χ2v) is 3.67. The maximum Gasteiger partial charge on any atom is 0.0521 e. The summed E-state index contributed by atoms with van der Waals surface area (Å²) in [5.41, 5.74) is 1.32. The smallest absolute Gasteiger partial charge is 0.0521 e. The Morgan fingerprint density at radius 2 is 2.00 bits per heavy atom. The van der Waals surface area contributed by atoms with Crippen LogP contribution in [-0.2, 0) is 6.42 Å². The number of hydrogen-bond donors (Lipinski definition) is 1. The zero-order chi connectivity index (χ0) is 8.65. The molecular weight excluding hydrogens is 170 g/mol. The molecule has 0 amide bonds. The Morgan fingerprint density at radius 3 is 2.67 bits per heavy atom. The Hall–Kier alpha value is -0.540. The maximum absolute atomic E-state index is 8.53. The Kier molecular flexibility index (Phi) is 4.80. The fourth-order valence-electron chi connectivity index (χ4n) is 0.906. The summed E-state index contributed by atoms with van der Waals surface area (Å²) in [6.45, 7) is 0.279. The van der Waals surface area contributed by atoms with Gasteiger partial charge in [-0.25, -0.2) is 0 Å². The Balaban J connectivity index is 2.16. The van der Waals surface area contributed by atoms with Gasteiger partial charge in [-0.2, -0.15) is 11.8 Å². The van der Waals surface area contributed by atoms with Crippen LogP contribution in [0.3, 0.4) is 0 Å². The van der Waals surface area contributed by atoms with E-state index in [1.165, 1.54) is 5.56 Å². The molecule has 1 N–H and O–H groups in total. The highest BCUT2D eigenvalue weighted by Gasteiger charge is 1.91. The number of rotatable bonds is 5. The SMILES string of the molecule is OCCSCCc1ccncc1. The monoisotopic (exact) mass is 183 g/mol. The molecule has 0 saturated heterocycles. The molecule has 0 radical (unpaired) electrons. The molecule has 2 nitrogen and oxygen atoms in total. The van der Waals surface area contributed by atoms with Crippen LogP contribution in [-0.4, -0.2) is 28.2 Å². The number of aromatic nitrogens is 1. The summed E-state index contributed by atoms with van der Waals surface area (Å²) in [5, 5.41) is 8.53. The first-order chi connectivity index (χ1) is 5.93. The highest BCUT2D eigenvalue weighted by molar-refractivity contribution is 7.99. The number of aliphatic hydroxyl groups excluding tert-OH is 1. The van der Waals surface area contributed by atoms with Crippen LogP contribution >= 0.6 is 11.8 Å². The van der Waals surface area contributed by atoms with Crippen LogP contribution in [0.5, 0.6) is 0 Å². The molecule has 3 heteroatoms. The second-order valence-electron chi connectivity index (χ2n) is 2.44. The largest absolute Gasteiger partial charge is 0.396 e. The highest BCUT2D eigenvalue weighted by atomic mass is 32.2. The minimum Gasteiger partial charge on any atom is -0.396 e. The molecule has 0 atom stereocenters. The lowest BCUT2D eigenvalue weighted by molar-refractivity contribution is 0.322. The van der Waals surface area contributed by atoms with Crippen LogP contribution < -0.4 is 0 Å². The van der Waals surface area contributed by atoms with Crippen molar-refractivity contribution in [3.63, 3.8) is 0 Å². The van der Waals surface area contributed by atoms with E-state index in [1.54, 1.807) is 11.8 Å². The summed E-state index contributed by atoms with van der Waals surface area (Å²) in [6.07, 6.45) is 4.69. The minimum atomic E-state index is 0.279. The molecule has 0 aliphatic rings. The van der Waals surface area contributed by atoms with Gasteiger partial charge in [0, 0.05) is 18.1 Å². The normalized spacial score (nSPS) is 10.1. The lowest BCUT2D eigenvalue weighted by Gasteiger charge is -1.99. The lowest BCUT2D eigenvalue weighted by atomic mass is 10.2. The number of hydrogen-bond acceptors (Lipinski definition) is 3. The molecule has 1 rings (SSSR count). The molecule has 66 valence electrons. The maximum atomic E-state index is 8.53. The molecule has 12 heavy (non-hydrogen) atoms. The number of nitrogens with zero attached hydrogens (tertiary/aromatic N) is 1. The third-order valence-corrected chi connectivity index (χ3v) is 2.48. The zero-order valence-corrected chi connectivity index (χ0v) is 7.76. The van der Waals surface area contributed by atoms with Gasteiger partial charge in [0.2, 0.25) is 0 Å². The van der Waals surface area contributed by atoms with Gasteiger partial charge < -0.3 is 5.11 Å². The summed E-state index contributed by atoms with van der Waals surface area (Å²) in [7, 11) is 0. The van der Waals surface area contributed by atoms with E-state index in [4.69, 9.17) is 5.11 Å². The summed E-state index contributed by atoms with van der Waals surface area (Å²) < 4.78 is 0. The van der Waals surface area contributed by atoms with E-state index in [0.29, 0.717) is 0 Å². The Bertz CT molecular complexity index is 203. The molecule has 0 bridgehead atoms. The zero-order valence-electron chi connectivity index (χ0n) is 6.94. The quantitative estimate of drug-likeness (QED) is 0.699. The van der Waals surface area contributed by atoms with Gasteiger partial charge >= 0.3 is 0 Å². The van der Waals surface area contributed by atoms with Crippen molar-refractivity contribution in [1.29, 1.82) is 0 Å². The molecule has 1 aromatic rings. The highest BCUT2D eigenvalue weighted by Crippen LogP contribution is 2.04. The van der Waals surface area contributed by atoms with Gasteiger partial charge in [-0.05, 0) is 29.9 Å². The molecule has 1 heterocycles. The van der Waals surface area contributed by atoms with Crippen LogP contribution in [0.2, 0.25) is 0 Å². The first-order valence-electron chi connectivity index (χ1n) is 4.01. The van der Waals surface area contributed by atoms with Crippen molar-refractivity contribution in [2.24, 2.45) is 0 Å². The minimum absolute atomic E-state index is 0.279. The topological polar surface area (TPSA) is 33.1 Å². The van der Waals surface area contributed by atoms with Crippen LogP contribution in [0.1, 0.15) is 5.56 Å². The van der Waals surface area contributed by atoms with Gasteiger partial charge in [0.05, 0.1) is 6.61 Å². The van der Waals surface area contributed by atoms with Crippen molar-refractivity contribution in [2.75, 3.05) is 18.1 Å². The second kappa shape index (κ2) is 6.03. The predicted octanol–water partition coefficient (Wildman–Crippen LogP) is 1.35. The summed E-state index contributed by atoms with van der Waals surface area (Å²) in [4.78, 5) is 3.94. The first kappa shape index (κ1) is 9.55. The van der Waals surface area contributed by atoms with Crippen LogP contribution in [0.15, 0.2) is 24.5 Å². The molecule has 0 saturated carbocycles. The van der Waals surface area contributed by atoms with Gasteiger partial charge in [-0.15, -0.1) is 0 Å². The molecule has 0 spiro atoms. The van der Waals surface area contributed by atoms with Crippen molar-refractivity contribution in [1.82, 2.24) is 4.98 Å². The molecule has 0 unspecified atom stereocenters. The molecular formula is C9H13NOS. The van der Waals surface area contributed by atoms with E-state index in [0.717, 1.165) is 17.9 Å². The summed E-state index contributed by atoms with van der Waals surface area (Å²) in [5.74, 6) is 1.91. The average molecular weight is 183 g/mol. The van der Waals surface area contributed by atoms with E-state index in [-0.39, 0.29) is 6.61 Å². The predicted molar refractivity (Wildman–Crippen MR) is 52.4 cm³/mol. The van der Waals surface area contributed by atoms with Crippen molar-refractivity contribution in [3.8, 4) is 0 Å². The van der Waals surface area contributed by atoms with Crippen molar-refractivity contribution in [2.45, 2.75) is 6.42 Å². The van der Waals surface area contributed by atoms with Gasteiger partial charge in [0.1, 0.15) is 0 Å². The van der Waals surface area contributed by atoms with E-state index in [1.807, 2.05) is 24.5 Å². The third kappa shape index (κ3) is 3.74. The van der Waals surface area contributed by atoms with Crippen molar-refractivity contribution >= 4 is 11.8 Å². The molecule has 0 fully saturated rings. The standard InChI is InChI=1S/C9H13NOS/c11-6-8-12-7-3-9-1-4-10-5-2-9/h1-2,4-5,11H,3,6-8H2. The summed E-state index contributed by atoms with van der Waals surface area (Å²) in [6, 6.07) is 4.05. The van der Waals surface area contributed by atoms with E-state index < -0.39 is 0 Å². The van der Waals surface area contributed by atoms with Gasteiger partial charge in [0.25, 0.3) is 0 Å². The van der Waals surface area contributed by atoms with E-state index in [9.17, 15) is 0 Å². The van der Waals surface area contributed by atoms with Crippen molar-refractivity contribution < 1.29 is 5.11 Å². The fraction of sp³-hybridized carbons (Fsp3) is 0.444. The number of pyridine rings is 1. The van der Waals surface area contributed by atoms with Crippen LogP contribution in [0.4, 0.5) is 0 Å². The fourth-order valence-corrected chi connectivity index (χ4v) is 1.62. The van der Waals surface area contributed by atoms with Gasteiger partial charge in [-0.3, -0.25) is 4.98 Å². The first-order valence-corrected chi connectivity index (χ1v) is 5.16. The number of aliphatic hydroxyl groups is 1. The van der Waals surface area contributed by atoms with Crippen LogP contribution in [0.25, 0.3) is 0 Å². The lowest BCUT2D eigenvalue weighted by Crippen LogP contribution is -1.92. The molecule has 1 aromatic heterocycles. The van der Waals surface area contributed by atoms with E-state index >= 15 is 0 Å².